The van der Waals surface area contributed by atoms with E-state index in [0.717, 1.165) is 6.42 Å². The molecular formula is C12H17BrClFN2O. The summed E-state index contributed by atoms with van der Waals surface area (Å²) in [6.07, 6.45) is 1.55. The molecule has 0 fully saturated rings. The van der Waals surface area contributed by atoms with Crippen LogP contribution in [0.25, 0.3) is 0 Å². The molecule has 0 saturated heterocycles. The van der Waals surface area contributed by atoms with Gasteiger partial charge in [0.2, 0.25) is 0 Å². The van der Waals surface area contributed by atoms with E-state index in [9.17, 15) is 4.39 Å². The third kappa shape index (κ3) is 3.90. The van der Waals surface area contributed by atoms with Crippen molar-refractivity contribution in [1.82, 2.24) is 5.43 Å². The van der Waals surface area contributed by atoms with Crippen LogP contribution in [-0.2, 0) is 4.74 Å². The molecule has 1 rings (SSSR count). The lowest BCUT2D eigenvalue weighted by atomic mass is 10.0. The Balaban J connectivity index is 2.85. The summed E-state index contributed by atoms with van der Waals surface area (Å²) in [6.45, 7) is 1.96. The van der Waals surface area contributed by atoms with Gasteiger partial charge in [-0.2, -0.15) is 0 Å². The van der Waals surface area contributed by atoms with Crippen molar-refractivity contribution in [2.24, 2.45) is 5.84 Å². The lowest BCUT2D eigenvalue weighted by Gasteiger charge is -2.19. The van der Waals surface area contributed by atoms with Crippen molar-refractivity contribution in [3.63, 3.8) is 0 Å². The summed E-state index contributed by atoms with van der Waals surface area (Å²) in [5.41, 5.74) is 3.08. The third-order valence-corrected chi connectivity index (χ3v) is 4.16. The Labute approximate surface area is 120 Å². The Morgan fingerprint density at radius 3 is 2.72 bits per heavy atom. The maximum atomic E-state index is 14.0. The minimum absolute atomic E-state index is 0.0764. The predicted molar refractivity (Wildman–Crippen MR) is 74.9 cm³/mol. The van der Waals surface area contributed by atoms with Crippen LogP contribution in [0.1, 0.15) is 31.4 Å². The van der Waals surface area contributed by atoms with Gasteiger partial charge in [0.25, 0.3) is 0 Å². The molecule has 0 aromatic heterocycles. The number of hydrogen-bond acceptors (Lipinski definition) is 3. The average Bonchev–Trinajstić information content (AvgIpc) is 2.38. The molecule has 1 aromatic rings. The molecular weight excluding hydrogens is 322 g/mol. The van der Waals surface area contributed by atoms with Crippen molar-refractivity contribution in [3.05, 3.63) is 33.0 Å². The van der Waals surface area contributed by atoms with Crippen LogP contribution in [0.4, 0.5) is 4.39 Å². The normalized spacial score (nSPS) is 14.6. The van der Waals surface area contributed by atoms with Crippen molar-refractivity contribution < 1.29 is 9.13 Å². The van der Waals surface area contributed by atoms with E-state index in [-0.39, 0.29) is 17.2 Å². The summed E-state index contributed by atoms with van der Waals surface area (Å²) in [5.74, 6) is 5.03. The second-order valence-electron chi connectivity index (χ2n) is 4.11. The van der Waals surface area contributed by atoms with Crippen LogP contribution in [0.3, 0.4) is 0 Å². The van der Waals surface area contributed by atoms with E-state index in [1.54, 1.807) is 19.2 Å². The van der Waals surface area contributed by atoms with Gasteiger partial charge in [0.1, 0.15) is 5.82 Å². The molecule has 0 bridgehead atoms. The molecule has 0 saturated carbocycles. The zero-order valence-electron chi connectivity index (χ0n) is 10.3. The van der Waals surface area contributed by atoms with Crippen molar-refractivity contribution >= 4 is 27.5 Å². The highest BCUT2D eigenvalue weighted by Gasteiger charge is 2.18. The van der Waals surface area contributed by atoms with Gasteiger partial charge in [0.05, 0.1) is 11.1 Å². The Morgan fingerprint density at radius 2 is 2.17 bits per heavy atom. The molecule has 0 aliphatic rings. The van der Waals surface area contributed by atoms with Crippen molar-refractivity contribution in [3.8, 4) is 0 Å². The molecule has 0 amide bonds. The fourth-order valence-electron chi connectivity index (χ4n) is 1.66. The first kappa shape index (κ1) is 15.9. The highest BCUT2D eigenvalue weighted by Crippen LogP contribution is 2.31. The molecule has 2 atom stereocenters. The lowest BCUT2D eigenvalue weighted by molar-refractivity contribution is 0.106. The van der Waals surface area contributed by atoms with Gasteiger partial charge < -0.3 is 4.74 Å². The van der Waals surface area contributed by atoms with Crippen LogP contribution >= 0.6 is 27.5 Å². The Bertz CT molecular complexity index is 406. The highest BCUT2D eigenvalue weighted by atomic mass is 79.9. The summed E-state index contributed by atoms with van der Waals surface area (Å²) in [4.78, 5) is 0. The van der Waals surface area contributed by atoms with Crippen LogP contribution in [0.15, 0.2) is 16.6 Å². The number of rotatable bonds is 6. The molecule has 0 spiro atoms. The molecule has 6 heteroatoms. The molecule has 3 N–H and O–H groups in total. The Kier molecular flexibility index (Phi) is 6.52. The van der Waals surface area contributed by atoms with Gasteiger partial charge in [0, 0.05) is 23.2 Å². The largest absolute Gasteiger partial charge is 0.382 e. The molecule has 3 nitrogen and oxygen atoms in total. The Morgan fingerprint density at radius 1 is 1.50 bits per heavy atom. The summed E-state index contributed by atoms with van der Waals surface area (Å²) < 4.78 is 19.7. The van der Waals surface area contributed by atoms with Crippen molar-refractivity contribution in [2.75, 3.05) is 7.11 Å². The quantitative estimate of drug-likeness (QED) is 0.473. The van der Waals surface area contributed by atoms with E-state index in [0.29, 0.717) is 16.5 Å². The van der Waals surface area contributed by atoms with E-state index < -0.39 is 5.82 Å². The number of benzene rings is 1. The molecule has 0 aliphatic heterocycles. The number of nitrogens with one attached hydrogen (secondary N) is 1. The van der Waals surface area contributed by atoms with Crippen LogP contribution < -0.4 is 11.3 Å². The molecule has 0 aliphatic carbocycles. The van der Waals surface area contributed by atoms with Gasteiger partial charge in [-0.15, -0.1) is 0 Å². The summed E-state index contributed by atoms with van der Waals surface area (Å²) in [5, 5.41) is 0.0764. The first-order valence-electron chi connectivity index (χ1n) is 5.63. The zero-order valence-corrected chi connectivity index (χ0v) is 12.7. The molecule has 1 aromatic carbocycles. The van der Waals surface area contributed by atoms with Gasteiger partial charge in [-0.25, -0.2) is 4.39 Å². The van der Waals surface area contributed by atoms with Crippen LogP contribution in [0, 0.1) is 5.82 Å². The Hall–Kier alpha value is -0.200. The monoisotopic (exact) mass is 338 g/mol. The maximum absolute atomic E-state index is 14.0. The lowest BCUT2D eigenvalue weighted by Crippen LogP contribution is -2.29. The number of hydrazine groups is 1. The van der Waals surface area contributed by atoms with Gasteiger partial charge in [-0.1, -0.05) is 17.7 Å². The number of hydrogen-bond donors (Lipinski definition) is 2. The summed E-state index contributed by atoms with van der Waals surface area (Å²) in [7, 11) is 1.65. The molecule has 102 valence electrons. The smallest absolute Gasteiger partial charge is 0.147 e. The maximum Gasteiger partial charge on any atom is 0.147 e. The minimum atomic E-state index is -0.445. The summed E-state index contributed by atoms with van der Waals surface area (Å²) >= 11 is 9.04. The van der Waals surface area contributed by atoms with E-state index >= 15 is 0 Å². The second kappa shape index (κ2) is 7.40. The fraction of sp³-hybridized carbons (Fsp3) is 0.500. The van der Waals surface area contributed by atoms with Crippen molar-refractivity contribution in [2.45, 2.75) is 31.9 Å². The standard InChI is InChI=1S/C12H17BrClFN2O/c1-7(18-2)3-6-10(17-16)8-4-5-9(13)11(14)12(8)15/h4-5,7,10,17H,3,6,16H2,1-2H3. The van der Waals surface area contributed by atoms with Crippen LogP contribution in [0.5, 0.6) is 0 Å². The van der Waals surface area contributed by atoms with Gasteiger partial charge in [-0.05, 0) is 41.8 Å². The predicted octanol–water partition coefficient (Wildman–Crippen LogP) is 3.56. The van der Waals surface area contributed by atoms with Gasteiger partial charge in [-0.3, -0.25) is 11.3 Å². The van der Waals surface area contributed by atoms with Crippen LogP contribution in [-0.4, -0.2) is 13.2 Å². The number of nitrogens with two attached hydrogens (primary N) is 1. The average molecular weight is 340 g/mol. The first-order chi connectivity index (χ1) is 8.51. The molecule has 2 unspecified atom stereocenters. The fourth-order valence-corrected chi connectivity index (χ4v) is 2.14. The van der Waals surface area contributed by atoms with Crippen molar-refractivity contribution in [1.29, 1.82) is 0 Å². The van der Waals surface area contributed by atoms with Gasteiger partial charge in [0.15, 0.2) is 0 Å². The number of ether oxygens (including phenoxy) is 1. The molecule has 0 radical (unpaired) electrons. The van der Waals surface area contributed by atoms with E-state index in [1.807, 2.05) is 6.92 Å². The van der Waals surface area contributed by atoms with E-state index in [2.05, 4.69) is 21.4 Å². The zero-order chi connectivity index (χ0) is 13.7. The van der Waals surface area contributed by atoms with E-state index in [4.69, 9.17) is 22.2 Å². The molecule has 0 heterocycles. The topological polar surface area (TPSA) is 47.3 Å². The number of halogens is 3. The summed E-state index contributed by atoms with van der Waals surface area (Å²) in [6, 6.07) is 3.10. The van der Waals surface area contributed by atoms with E-state index in [1.165, 1.54) is 0 Å². The number of methoxy groups -OCH3 is 1. The second-order valence-corrected chi connectivity index (χ2v) is 5.34. The van der Waals surface area contributed by atoms with Crippen LogP contribution in [0.2, 0.25) is 5.02 Å². The highest BCUT2D eigenvalue weighted by molar-refractivity contribution is 9.10. The third-order valence-electron chi connectivity index (χ3n) is 2.91. The minimum Gasteiger partial charge on any atom is -0.382 e. The van der Waals surface area contributed by atoms with Gasteiger partial charge >= 0.3 is 0 Å². The first-order valence-corrected chi connectivity index (χ1v) is 6.80. The molecule has 18 heavy (non-hydrogen) atoms. The SMILES string of the molecule is COC(C)CCC(NN)c1ccc(Br)c(Cl)c1F.